The Morgan fingerprint density at radius 3 is 2.45 bits per heavy atom. The van der Waals surface area contributed by atoms with Crippen LogP contribution in [0.25, 0.3) is 10.2 Å². The average molecular weight is 588 g/mol. The Kier molecular flexibility index (Phi) is 7.08. The number of halogens is 1. The van der Waals surface area contributed by atoms with Gasteiger partial charge in [-0.2, -0.15) is 0 Å². The Morgan fingerprint density at radius 1 is 0.975 bits per heavy atom. The summed E-state index contributed by atoms with van der Waals surface area (Å²) in [6.07, 6.45) is 1.61. The van der Waals surface area contributed by atoms with Crippen molar-refractivity contribution in [3.05, 3.63) is 118 Å². The molecule has 0 atom stereocenters. The van der Waals surface area contributed by atoms with Crippen LogP contribution in [0.15, 0.2) is 95.9 Å². The summed E-state index contributed by atoms with van der Waals surface area (Å²) in [7, 11) is -3.78. The van der Waals surface area contributed by atoms with Crippen molar-refractivity contribution in [3.8, 4) is 0 Å². The number of aromatic nitrogens is 1. The highest BCUT2D eigenvalue weighted by molar-refractivity contribution is 7.92. The highest BCUT2D eigenvalue weighted by atomic mass is 35.5. The van der Waals surface area contributed by atoms with E-state index < -0.39 is 10.0 Å². The van der Waals surface area contributed by atoms with Gasteiger partial charge >= 0.3 is 0 Å². The van der Waals surface area contributed by atoms with Crippen LogP contribution < -0.4 is 9.21 Å². The predicted octanol–water partition coefficient (Wildman–Crippen LogP) is 7.25. The largest absolute Gasteiger partial charge is 0.279 e. The van der Waals surface area contributed by atoms with Crippen LogP contribution >= 0.6 is 22.9 Å². The number of nitrogens with zero attached hydrogens (tertiary/aromatic N) is 3. The van der Waals surface area contributed by atoms with E-state index in [0.29, 0.717) is 34.5 Å². The zero-order valence-electron chi connectivity index (χ0n) is 21.7. The summed E-state index contributed by atoms with van der Waals surface area (Å²) in [6.45, 7) is 2.69. The number of aryl methyl sites for hydroxylation is 2. The molecule has 0 fully saturated rings. The zero-order chi connectivity index (χ0) is 27.9. The minimum absolute atomic E-state index is 0.151. The van der Waals surface area contributed by atoms with Crippen molar-refractivity contribution >= 4 is 59.9 Å². The fraction of sp³-hybridized carbons (Fsp3) is 0.161. The summed E-state index contributed by atoms with van der Waals surface area (Å²) in [5.41, 5.74) is 4.79. The Balaban J connectivity index is 1.35. The molecule has 0 radical (unpaired) electrons. The first-order chi connectivity index (χ1) is 19.3. The number of rotatable bonds is 6. The first-order valence-corrected chi connectivity index (χ1v) is 15.6. The molecule has 0 aliphatic carbocycles. The van der Waals surface area contributed by atoms with E-state index in [4.69, 9.17) is 16.6 Å². The molecule has 2 heterocycles. The maximum absolute atomic E-state index is 13.9. The van der Waals surface area contributed by atoms with E-state index in [1.54, 1.807) is 17.0 Å². The van der Waals surface area contributed by atoms with Crippen LogP contribution in [-0.2, 0) is 23.0 Å². The van der Waals surface area contributed by atoms with Crippen molar-refractivity contribution in [2.45, 2.75) is 31.2 Å². The molecule has 1 aliphatic rings. The summed E-state index contributed by atoms with van der Waals surface area (Å²) in [4.78, 5) is 20.5. The fourth-order valence-electron chi connectivity index (χ4n) is 5.00. The number of amides is 1. The molecule has 202 valence electrons. The van der Waals surface area contributed by atoms with Gasteiger partial charge in [-0.1, -0.05) is 77.5 Å². The third-order valence-electron chi connectivity index (χ3n) is 7.10. The lowest BCUT2D eigenvalue weighted by atomic mass is 10.0. The summed E-state index contributed by atoms with van der Waals surface area (Å²) >= 11 is 7.83. The van der Waals surface area contributed by atoms with Crippen LogP contribution in [0, 0.1) is 6.92 Å². The van der Waals surface area contributed by atoms with Gasteiger partial charge in [0.25, 0.3) is 15.9 Å². The van der Waals surface area contributed by atoms with Gasteiger partial charge in [-0.3, -0.25) is 14.0 Å². The number of carbonyl (C=O) groups is 1. The van der Waals surface area contributed by atoms with E-state index in [0.717, 1.165) is 39.7 Å². The zero-order valence-corrected chi connectivity index (χ0v) is 24.1. The molecule has 0 spiro atoms. The molecule has 1 amide bonds. The van der Waals surface area contributed by atoms with Crippen molar-refractivity contribution in [1.29, 1.82) is 0 Å². The highest BCUT2D eigenvalue weighted by Gasteiger charge is 2.29. The maximum atomic E-state index is 13.9. The summed E-state index contributed by atoms with van der Waals surface area (Å²) in [5.74, 6) is -0.274. The lowest BCUT2D eigenvalue weighted by Crippen LogP contribution is -2.35. The number of hydrogen-bond acceptors (Lipinski definition) is 5. The van der Waals surface area contributed by atoms with Crippen molar-refractivity contribution < 1.29 is 13.2 Å². The van der Waals surface area contributed by atoms with E-state index in [1.807, 2.05) is 73.7 Å². The Hall–Kier alpha value is -3.72. The number of thiazole rings is 1. The summed E-state index contributed by atoms with van der Waals surface area (Å²) < 4.78 is 29.5. The van der Waals surface area contributed by atoms with Crippen molar-refractivity contribution in [2.24, 2.45) is 0 Å². The molecule has 9 heteroatoms. The molecule has 5 aromatic rings. The first-order valence-electron chi connectivity index (χ1n) is 12.9. The number of hydrogen-bond donors (Lipinski definition) is 0. The second kappa shape index (κ2) is 10.7. The molecule has 6 nitrogen and oxygen atoms in total. The third-order valence-corrected chi connectivity index (χ3v) is 10.5. The van der Waals surface area contributed by atoms with Crippen LogP contribution in [0.4, 0.5) is 10.8 Å². The Labute approximate surface area is 242 Å². The van der Waals surface area contributed by atoms with Crippen molar-refractivity contribution in [3.63, 3.8) is 0 Å². The quantitative estimate of drug-likeness (QED) is 0.210. The van der Waals surface area contributed by atoms with E-state index in [1.165, 1.54) is 27.8 Å². The van der Waals surface area contributed by atoms with Crippen molar-refractivity contribution in [1.82, 2.24) is 4.98 Å². The molecule has 40 heavy (non-hydrogen) atoms. The lowest BCUT2D eigenvalue weighted by Gasteiger charge is -2.30. The second-order valence-electron chi connectivity index (χ2n) is 9.75. The maximum Gasteiger partial charge on any atom is 0.264 e. The molecule has 6 rings (SSSR count). The molecule has 0 saturated carbocycles. The van der Waals surface area contributed by atoms with Gasteiger partial charge in [0.05, 0.1) is 32.4 Å². The number of fused-ring (bicyclic) bond motifs is 2. The van der Waals surface area contributed by atoms with E-state index >= 15 is 0 Å². The lowest BCUT2D eigenvalue weighted by molar-refractivity contribution is 0.0985. The predicted molar refractivity (Wildman–Crippen MR) is 162 cm³/mol. The van der Waals surface area contributed by atoms with Crippen LogP contribution in [0.2, 0.25) is 5.02 Å². The van der Waals surface area contributed by atoms with E-state index in [-0.39, 0.29) is 10.8 Å². The third kappa shape index (κ3) is 4.87. The van der Waals surface area contributed by atoms with Crippen molar-refractivity contribution in [2.75, 3.05) is 15.7 Å². The average Bonchev–Trinajstić information content (AvgIpc) is 3.44. The second-order valence-corrected chi connectivity index (χ2v) is 13.0. The minimum Gasteiger partial charge on any atom is -0.279 e. The molecule has 1 aliphatic heterocycles. The van der Waals surface area contributed by atoms with Gasteiger partial charge in [0.2, 0.25) is 0 Å². The number of anilines is 2. The summed E-state index contributed by atoms with van der Waals surface area (Å²) in [6, 6.07) is 27.2. The molecule has 0 unspecified atom stereocenters. The van der Waals surface area contributed by atoms with Crippen LogP contribution in [0.1, 0.15) is 33.5 Å². The van der Waals surface area contributed by atoms with Gasteiger partial charge in [-0.15, -0.1) is 0 Å². The number of benzene rings is 4. The number of sulfonamides is 1. The highest BCUT2D eigenvalue weighted by Crippen LogP contribution is 2.37. The van der Waals surface area contributed by atoms with Gasteiger partial charge in [0, 0.05) is 12.1 Å². The van der Waals surface area contributed by atoms with Gasteiger partial charge < -0.3 is 0 Å². The number of para-hydroxylation sites is 1. The molecular formula is C31H26ClN3O3S2. The Morgan fingerprint density at radius 2 is 1.70 bits per heavy atom. The minimum atomic E-state index is -3.78. The smallest absolute Gasteiger partial charge is 0.264 e. The SMILES string of the molecule is Cc1ccc(Cl)c2sc(N(Cc3ccccc3)C(=O)c3ccc(S(=O)(=O)N4CCCc5ccccc54)cc3)nc12. The molecule has 4 aromatic carbocycles. The van der Waals surface area contributed by atoms with E-state index in [2.05, 4.69) is 0 Å². The van der Waals surface area contributed by atoms with Gasteiger partial charge in [0.1, 0.15) is 0 Å². The molecule has 0 N–H and O–H groups in total. The first kappa shape index (κ1) is 26.5. The van der Waals surface area contributed by atoms with Gasteiger partial charge in [-0.25, -0.2) is 13.4 Å². The molecule has 1 aromatic heterocycles. The molecular weight excluding hydrogens is 562 g/mol. The molecule has 0 bridgehead atoms. The fourth-order valence-corrected chi connectivity index (χ4v) is 7.86. The normalized spacial score (nSPS) is 13.3. The molecule has 0 saturated heterocycles. The monoisotopic (exact) mass is 587 g/mol. The van der Waals surface area contributed by atoms with E-state index in [9.17, 15) is 13.2 Å². The van der Waals surface area contributed by atoms with Gasteiger partial charge in [0.15, 0.2) is 5.13 Å². The topological polar surface area (TPSA) is 70.6 Å². The van der Waals surface area contributed by atoms with Crippen LogP contribution in [0.5, 0.6) is 0 Å². The van der Waals surface area contributed by atoms with Crippen LogP contribution in [-0.4, -0.2) is 25.9 Å². The van der Waals surface area contributed by atoms with Gasteiger partial charge in [-0.05, 0) is 72.9 Å². The standard InChI is InChI=1S/C31H26ClN3O3S2/c1-21-13-18-26(32)29-28(21)33-31(39-29)34(20-22-8-3-2-4-9-22)30(36)24-14-16-25(17-15-24)40(37,38)35-19-7-11-23-10-5-6-12-27(23)35/h2-6,8-10,12-18H,7,11,19-20H2,1H3. The Bertz CT molecular complexity index is 1780. The number of carbonyl (C=O) groups excluding carboxylic acids is 1. The summed E-state index contributed by atoms with van der Waals surface area (Å²) in [5, 5.41) is 1.12. The van der Waals surface area contributed by atoms with Crippen LogP contribution in [0.3, 0.4) is 0 Å².